The van der Waals surface area contributed by atoms with Crippen LogP contribution in [0.1, 0.15) is 74.1 Å². The minimum absolute atomic E-state index is 0.193. The van der Waals surface area contributed by atoms with E-state index in [1.54, 1.807) is 17.0 Å². The molecule has 3 aromatic rings. The van der Waals surface area contributed by atoms with Crippen molar-refractivity contribution in [2.75, 3.05) is 6.54 Å². The van der Waals surface area contributed by atoms with Crippen LogP contribution < -0.4 is 5.32 Å². The highest BCUT2D eigenvalue weighted by Gasteiger charge is 2.46. The van der Waals surface area contributed by atoms with Gasteiger partial charge in [-0.25, -0.2) is 4.79 Å². The van der Waals surface area contributed by atoms with Crippen molar-refractivity contribution in [1.29, 1.82) is 5.26 Å². The Morgan fingerprint density at radius 1 is 1.13 bits per heavy atom. The summed E-state index contributed by atoms with van der Waals surface area (Å²) in [5, 5.41) is 20.9. The molecule has 0 radical (unpaired) electrons. The molecule has 200 valence electrons. The Balaban J connectivity index is 1.28. The van der Waals surface area contributed by atoms with Crippen LogP contribution in [-0.2, 0) is 10.3 Å². The van der Waals surface area contributed by atoms with E-state index < -0.39 is 11.0 Å². The van der Waals surface area contributed by atoms with Crippen LogP contribution in [0.3, 0.4) is 0 Å². The Morgan fingerprint density at radius 2 is 1.85 bits per heavy atom. The summed E-state index contributed by atoms with van der Waals surface area (Å²) < 4.78 is 6.19. The summed E-state index contributed by atoms with van der Waals surface area (Å²) in [5.74, 6) is -0.193. The predicted molar refractivity (Wildman–Crippen MR) is 146 cm³/mol. The maximum absolute atomic E-state index is 13.4. The number of rotatable bonds is 8. The fourth-order valence-electron chi connectivity index (χ4n) is 5.15. The molecule has 1 aliphatic heterocycles. The van der Waals surface area contributed by atoms with E-state index in [0.29, 0.717) is 30.8 Å². The molecule has 5 rings (SSSR count). The lowest BCUT2D eigenvalue weighted by molar-refractivity contribution is -0.0770. The highest BCUT2D eigenvalue weighted by molar-refractivity contribution is 5.92. The Kier molecular flexibility index (Phi) is 7.09. The SMILES string of the molecule is CC(c1ccc(-c2ccc(C(=O)NC3CC3)nn2)cc1)N1CCC(CC(C)(C)C#N)(c2ccccc2)OC1=O. The molecular formula is C31H33N5O3. The van der Waals surface area contributed by atoms with E-state index in [0.717, 1.165) is 29.5 Å². The number of benzene rings is 2. The van der Waals surface area contributed by atoms with Gasteiger partial charge in [-0.2, -0.15) is 5.26 Å². The molecule has 2 atom stereocenters. The fourth-order valence-corrected chi connectivity index (χ4v) is 5.15. The molecule has 2 aliphatic rings. The van der Waals surface area contributed by atoms with Gasteiger partial charge in [0.1, 0.15) is 5.60 Å². The number of cyclic esters (lactones) is 1. The number of amides is 2. The summed E-state index contributed by atoms with van der Waals surface area (Å²) in [4.78, 5) is 27.3. The van der Waals surface area contributed by atoms with Crippen molar-refractivity contribution in [3.8, 4) is 17.3 Å². The summed E-state index contributed by atoms with van der Waals surface area (Å²) in [6, 6.07) is 23.5. The lowest BCUT2D eigenvalue weighted by Gasteiger charge is -2.45. The first-order chi connectivity index (χ1) is 18.7. The van der Waals surface area contributed by atoms with Crippen molar-refractivity contribution < 1.29 is 14.3 Å². The van der Waals surface area contributed by atoms with Gasteiger partial charge in [0.25, 0.3) is 5.91 Å². The summed E-state index contributed by atoms with van der Waals surface area (Å²) in [6.07, 6.45) is 2.66. The van der Waals surface area contributed by atoms with Crippen molar-refractivity contribution in [2.24, 2.45) is 5.41 Å². The first-order valence-electron chi connectivity index (χ1n) is 13.4. The lowest BCUT2D eigenvalue weighted by Crippen LogP contribution is -2.50. The molecule has 1 saturated heterocycles. The second-order valence-corrected chi connectivity index (χ2v) is 11.2. The molecule has 2 heterocycles. The monoisotopic (exact) mass is 523 g/mol. The Labute approximate surface area is 229 Å². The maximum atomic E-state index is 13.4. The van der Waals surface area contributed by atoms with E-state index >= 15 is 0 Å². The van der Waals surface area contributed by atoms with E-state index in [1.807, 2.05) is 75.4 Å². The summed E-state index contributed by atoms with van der Waals surface area (Å²) >= 11 is 0. The number of carbonyl (C=O) groups is 2. The molecule has 1 aromatic heterocycles. The van der Waals surface area contributed by atoms with Crippen LogP contribution in [0.25, 0.3) is 11.3 Å². The van der Waals surface area contributed by atoms with Gasteiger partial charge in [-0.1, -0.05) is 54.6 Å². The van der Waals surface area contributed by atoms with Crippen molar-refractivity contribution in [1.82, 2.24) is 20.4 Å². The van der Waals surface area contributed by atoms with Gasteiger partial charge in [0.2, 0.25) is 0 Å². The van der Waals surface area contributed by atoms with Crippen molar-refractivity contribution in [3.05, 3.63) is 83.6 Å². The number of carbonyl (C=O) groups excluding carboxylic acids is 2. The molecule has 1 aliphatic carbocycles. The van der Waals surface area contributed by atoms with E-state index in [1.165, 1.54) is 0 Å². The molecule has 2 unspecified atom stereocenters. The highest BCUT2D eigenvalue weighted by Crippen LogP contribution is 2.44. The topological polar surface area (TPSA) is 108 Å². The zero-order valence-corrected chi connectivity index (χ0v) is 22.6. The summed E-state index contributed by atoms with van der Waals surface area (Å²) in [5.41, 5.74) is 2.23. The van der Waals surface area contributed by atoms with E-state index in [4.69, 9.17) is 4.74 Å². The number of nitrogens with zero attached hydrogens (tertiary/aromatic N) is 4. The highest BCUT2D eigenvalue weighted by atomic mass is 16.6. The van der Waals surface area contributed by atoms with Gasteiger partial charge in [0.05, 0.1) is 23.2 Å². The third-order valence-corrected chi connectivity index (χ3v) is 7.57. The first-order valence-corrected chi connectivity index (χ1v) is 13.4. The van der Waals surface area contributed by atoms with Gasteiger partial charge in [0, 0.05) is 31.0 Å². The lowest BCUT2D eigenvalue weighted by atomic mass is 9.75. The number of nitrogens with one attached hydrogen (secondary N) is 1. The molecule has 8 nitrogen and oxygen atoms in total. The third kappa shape index (κ3) is 5.78. The Hall–Kier alpha value is -4.25. The average Bonchev–Trinajstić information content (AvgIpc) is 3.77. The average molecular weight is 524 g/mol. The van der Waals surface area contributed by atoms with Gasteiger partial charge >= 0.3 is 6.09 Å². The Morgan fingerprint density at radius 3 is 2.44 bits per heavy atom. The van der Waals surface area contributed by atoms with Crippen LogP contribution in [-0.4, -0.2) is 39.7 Å². The number of hydrogen-bond donors (Lipinski definition) is 1. The van der Waals surface area contributed by atoms with E-state index in [9.17, 15) is 14.9 Å². The van der Waals surface area contributed by atoms with Crippen molar-refractivity contribution in [3.63, 3.8) is 0 Å². The maximum Gasteiger partial charge on any atom is 0.411 e. The zero-order valence-electron chi connectivity index (χ0n) is 22.6. The molecular weight excluding hydrogens is 490 g/mol. The largest absolute Gasteiger partial charge is 0.438 e. The Bertz CT molecular complexity index is 1380. The van der Waals surface area contributed by atoms with E-state index in [2.05, 4.69) is 21.6 Å². The number of ether oxygens (including phenoxy) is 1. The van der Waals surface area contributed by atoms with Crippen LogP contribution in [0.4, 0.5) is 4.79 Å². The molecule has 2 aromatic carbocycles. The molecule has 0 bridgehead atoms. The molecule has 39 heavy (non-hydrogen) atoms. The molecule has 1 N–H and O–H groups in total. The first kappa shape index (κ1) is 26.4. The summed E-state index contributed by atoms with van der Waals surface area (Å²) in [7, 11) is 0. The standard InChI is InChI=1S/C31H33N5O3/c1-21(22-9-11-23(12-10-22)26-15-16-27(35-34-26)28(37)33-25-13-14-25)36-18-17-31(39-29(36)38,19-30(2,3)20-32)24-7-5-4-6-8-24/h4-12,15-16,21,25H,13-14,17-19H2,1-3H3,(H,33,37). The number of nitriles is 1. The number of hydrogen-bond acceptors (Lipinski definition) is 6. The number of aromatic nitrogens is 2. The fraction of sp³-hybridized carbons (Fsp3) is 0.387. The second kappa shape index (κ2) is 10.5. The zero-order chi connectivity index (χ0) is 27.6. The molecule has 2 amide bonds. The smallest absolute Gasteiger partial charge is 0.411 e. The van der Waals surface area contributed by atoms with E-state index in [-0.39, 0.29) is 24.1 Å². The molecule has 8 heteroatoms. The van der Waals surface area contributed by atoms with Gasteiger partial charge in [-0.05, 0) is 56.9 Å². The van der Waals surface area contributed by atoms with Crippen LogP contribution in [0, 0.1) is 16.7 Å². The van der Waals surface area contributed by atoms with Gasteiger partial charge < -0.3 is 15.0 Å². The van der Waals surface area contributed by atoms with Gasteiger partial charge in [-0.15, -0.1) is 10.2 Å². The summed E-state index contributed by atoms with van der Waals surface area (Å²) in [6.45, 7) is 6.25. The molecule has 1 saturated carbocycles. The second-order valence-electron chi connectivity index (χ2n) is 11.2. The van der Waals surface area contributed by atoms with Crippen LogP contribution >= 0.6 is 0 Å². The minimum Gasteiger partial charge on any atom is -0.438 e. The van der Waals surface area contributed by atoms with Crippen LogP contribution in [0.2, 0.25) is 0 Å². The van der Waals surface area contributed by atoms with Crippen LogP contribution in [0.15, 0.2) is 66.7 Å². The van der Waals surface area contributed by atoms with Crippen molar-refractivity contribution in [2.45, 2.75) is 64.1 Å². The quantitative estimate of drug-likeness (QED) is 0.401. The van der Waals surface area contributed by atoms with Crippen LogP contribution in [0.5, 0.6) is 0 Å². The molecule has 0 spiro atoms. The van der Waals surface area contributed by atoms with Gasteiger partial charge in [0.15, 0.2) is 5.69 Å². The van der Waals surface area contributed by atoms with Crippen molar-refractivity contribution >= 4 is 12.0 Å². The van der Waals surface area contributed by atoms with Gasteiger partial charge in [-0.3, -0.25) is 4.79 Å². The third-order valence-electron chi connectivity index (χ3n) is 7.57. The normalized spacial score (nSPS) is 20.1. The predicted octanol–water partition coefficient (Wildman–Crippen LogP) is 5.77. The molecule has 2 fully saturated rings. The minimum atomic E-state index is -0.849.